The minimum absolute atomic E-state index is 0.0527. The summed E-state index contributed by atoms with van der Waals surface area (Å²) in [5, 5.41) is 8.86. The predicted molar refractivity (Wildman–Crippen MR) is 65.2 cm³/mol. The topological polar surface area (TPSA) is 53.4 Å². The van der Waals surface area contributed by atoms with E-state index in [1.54, 1.807) is 17.0 Å². The second-order valence-electron chi connectivity index (χ2n) is 4.69. The van der Waals surface area contributed by atoms with Crippen molar-refractivity contribution in [3.05, 3.63) is 29.6 Å². The summed E-state index contributed by atoms with van der Waals surface area (Å²) in [6, 6.07) is 3.91. The van der Waals surface area contributed by atoms with Gasteiger partial charge in [-0.05, 0) is 31.5 Å². The van der Waals surface area contributed by atoms with E-state index in [9.17, 15) is 13.6 Å². The Kier molecular flexibility index (Phi) is 4.42. The van der Waals surface area contributed by atoms with Crippen LogP contribution < -0.4 is 0 Å². The van der Waals surface area contributed by atoms with Gasteiger partial charge in [0.25, 0.3) is 6.43 Å². The molecule has 1 aromatic heterocycles. The summed E-state index contributed by atoms with van der Waals surface area (Å²) < 4.78 is 25.8. The predicted octanol–water partition coefficient (Wildman–Crippen LogP) is 2.40. The first-order valence-corrected chi connectivity index (χ1v) is 6.29. The van der Waals surface area contributed by atoms with E-state index in [2.05, 4.69) is 4.98 Å². The number of carbonyl (C=O) groups is 1. The highest BCUT2D eigenvalue weighted by Gasteiger charge is 2.30. The van der Waals surface area contributed by atoms with Gasteiger partial charge >= 0.3 is 5.97 Å². The van der Waals surface area contributed by atoms with Gasteiger partial charge in [0.05, 0.1) is 11.7 Å². The van der Waals surface area contributed by atoms with Crippen molar-refractivity contribution in [1.82, 2.24) is 9.88 Å². The van der Waals surface area contributed by atoms with Gasteiger partial charge < -0.3 is 5.11 Å². The van der Waals surface area contributed by atoms with Gasteiger partial charge in [-0.2, -0.15) is 0 Å². The van der Waals surface area contributed by atoms with E-state index in [4.69, 9.17) is 5.11 Å². The number of carboxylic acids is 1. The van der Waals surface area contributed by atoms with E-state index in [0.717, 1.165) is 12.8 Å². The summed E-state index contributed by atoms with van der Waals surface area (Å²) >= 11 is 0. The van der Waals surface area contributed by atoms with Crippen LogP contribution in [0.1, 0.15) is 35.4 Å². The highest BCUT2D eigenvalue weighted by Crippen LogP contribution is 2.23. The minimum atomic E-state index is -2.37. The summed E-state index contributed by atoms with van der Waals surface area (Å²) in [6.45, 7) is 0.879. The van der Waals surface area contributed by atoms with E-state index in [1.807, 2.05) is 0 Å². The van der Waals surface area contributed by atoms with E-state index in [-0.39, 0.29) is 12.2 Å². The Morgan fingerprint density at radius 3 is 2.95 bits per heavy atom. The van der Waals surface area contributed by atoms with Crippen LogP contribution in [0.5, 0.6) is 0 Å². The SMILES string of the molecule is O=C(O)c1cccc(CN2CCCCC2C(F)F)n1. The van der Waals surface area contributed by atoms with Gasteiger partial charge in [-0.15, -0.1) is 0 Å². The molecule has 1 unspecified atom stereocenters. The maximum absolute atomic E-state index is 12.9. The molecule has 0 amide bonds. The zero-order valence-electron chi connectivity index (χ0n) is 10.4. The number of pyridine rings is 1. The maximum Gasteiger partial charge on any atom is 0.354 e. The van der Waals surface area contributed by atoms with Crippen molar-refractivity contribution < 1.29 is 18.7 Å². The molecule has 104 valence electrons. The van der Waals surface area contributed by atoms with E-state index >= 15 is 0 Å². The number of hydrogen-bond donors (Lipinski definition) is 1. The fourth-order valence-corrected chi connectivity index (χ4v) is 2.39. The second kappa shape index (κ2) is 6.06. The molecule has 1 N–H and O–H groups in total. The minimum Gasteiger partial charge on any atom is -0.477 e. The first-order valence-electron chi connectivity index (χ1n) is 6.29. The summed E-state index contributed by atoms with van der Waals surface area (Å²) in [7, 11) is 0. The Labute approximate surface area is 110 Å². The van der Waals surface area contributed by atoms with Crippen LogP contribution >= 0.6 is 0 Å². The molecule has 0 radical (unpaired) electrons. The Bertz CT molecular complexity index is 454. The third kappa shape index (κ3) is 3.47. The van der Waals surface area contributed by atoms with Gasteiger partial charge in [-0.1, -0.05) is 12.5 Å². The zero-order chi connectivity index (χ0) is 13.8. The van der Waals surface area contributed by atoms with Crippen molar-refractivity contribution in [2.24, 2.45) is 0 Å². The van der Waals surface area contributed by atoms with Gasteiger partial charge in [0.2, 0.25) is 0 Å². The number of piperidine rings is 1. The Hall–Kier alpha value is -1.56. The highest BCUT2D eigenvalue weighted by molar-refractivity contribution is 5.85. The third-order valence-corrected chi connectivity index (χ3v) is 3.35. The van der Waals surface area contributed by atoms with Crippen molar-refractivity contribution >= 4 is 5.97 Å². The van der Waals surface area contributed by atoms with Crippen LogP contribution in [-0.4, -0.2) is 40.0 Å². The van der Waals surface area contributed by atoms with Crippen molar-refractivity contribution in [3.8, 4) is 0 Å². The molecule has 2 heterocycles. The van der Waals surface area contributed by atoms with Crippen LogP contribution in [-0.2, 0) is 6.54 Å². The number of alkyl halides is 2. The lowest BCUT2D eigenvalue weighted by Crippen LogP contribution is -2.43. The Balaban J connectivity index is 2.10. The molecule has 2 rings (SSSR count). The van der Waals surface area contributed by atoms with Crippen molar-refractivity contribution in [2.75, 3.05) is 6.54 Å². The monoisotopic (exact) mass is 270 g/mol. The van der Waals surface area contributed by atoms with E-state index in [0.29, 0.717) is 18.7 Å². The largest absolute Gasteiger partial charge is 0.477 e. The first-order chi connectivity index (χ1) is 9.08. The molecule has 1 aliphatic heterocycles. The molecule has 4 nitrogen and oxygen atoms in total. The van der Waals surface area contributed by atoms with Crippen LogP contribution in [0.2, 0.25) is 0 Å². The summed E-state index contributed by atoms with van der Waals surface area (Å²) in [6.07, 6.45) is -0.186. The van der Waals surface area contributed by atoms with Gasteiger partial charge in [0.1, 0.15) is 5.69 Å². The van der Waals surface area contributed by atoms with Crippen LogP contribution in [0.15, 0.2) is 18.2 Å². The molecule has 0 spiro atoms. The van der Waals surface area contributed by atoms with Crippen LogP contribution in [0, 0.1) is 0 Å². The molecule has 19 heavy (non-hydrogen) atoms. The average Bonchev–Trinajstić information content (AvgIpc) is 2.39. The molecule has 1 saturated heterocycles. The lowest BCUT2D eigenvalue weighted by molar-refractivity contribution is -0.000426. The molecule has 1 fully saturated rings. The summed E-state index contributed by atoms with van der Waals surface area (Å²) in [5.74, 6) is -1.11. The second-order valence-corrected chi connectivity index (χ2v) is 4.69. The zero-order valence-corrected chi connectivity index (χ0v) is 10.4. The number of rotatable bonds is 4. The van der Waals surface area contributed by atoms with Crippen molar-refractivity contribution in [2.45, 2.75) is 38.3 Å². The smallest absolute Gasteiger partial charge is 0.354 e. The molecule has 0 aliphatic carbocycles. The fraction of sp³-hybridized carbons (Fsp3) is 0.538. The number of halogens is 2. The standard InChI is InChI=1S/C13H16F2N2O2/c14-12(15)11-6-1-2-7-17(11)8-9-4-3-5-10(16-9)13(18)19/h3-5,11-12H,1-2,6-8H2,(H,18,19). The number of likely N-dealkylation sites (tertiary alicyclic amines) is 1. The molecular formula is C13H16F2N2O2. The number of carboxylic acid groups (broad SMARTS) is 1. The van der Waals surface area contributed by atoms with E-state index < -0.39 is 18.4 Å². The molecule has 1 aromatic rings. The molecule has 6 heteroatoms. The maximum atomic E-state index is 12.9. The van der Waals surface area contributed by atoms with Gasteiger partial charge in [-0.25, -0.2) is 18.6 Å². The normalized spacial score (nSPS) is 20.7. The third-order valence-electron chi connectivity index (χ3n) is 3.35. The quantitative estimate of drug-likeness (QED) is 0.912. The van der Waals surface area contributed by atoms with E-state index in [1.165, 1.54) is 6.07 Å². The van der Waals surface area contributed by atoms with Gasteiger partial charge in [0, 0.05) is 6.54 Å². The van der Waals surface area contributed by atoms with Crippen LogP contribution in [0.25, 0.3) is 0 Å². The Morgan fingerprint density at radius 1 is 1.47 bits per heavy atom. The molecule has 0 saturated carbocycles. The lowest BCUT2D eigenvalue weighted by atomic mass is 10.0. The van der Waals surface area contributed by atoms with Gasteiger partial charge in [0.15, 0.2) is 0 Å². The first kappa shape index (κ1) is 13.9. The number of aromatic nitrogens is 1. The van der Waals surface area contributed by atoms with Crippen LogP contribution in [0.3, 0.4) is 0 Å². The number of aromatic carboxylic acids is 1. The summed E-state index contributed by atoms with van der Waals surface area (Å²) in [4.78, 5) is 16.5. The number of hydrogen-bond acceptors (Lipinski definition) is 3. The van der Waals surface area contributed by atoms with Crippen molar-refractivity contribution in [1.29, 1.82) is 0 Å². The Morgan fingerprint density at radius 2 is 2.26 bits per heavy atom. The lowest BCUT2D eigenvalue weighted by Gasteiger charge is -2.34. The van der Waals surface area contributed by atoms with Gasteiger partial charge in [-0.3, -0.25) is 4.90 Å². The molecular weight excluding hydrogens is 254 g/mol. The van der Waals surface area contributed by atoms with Crippen molar-refractivity contribution in [3.63, 3.8) is 0 Å². The van der Waals surface area contributed by atoms with Crippen LogP contribution in [0.4, 0.5) is 8.78 Å². The number of nitrogens with zero attached hydrogens (tertiary/aromatic N) is 2. The molecule has 1 atom stereocenters. The molecule has 0 aromatic carbocycles. The molecule has 1 aliphatic rings. The molecule has 0 bridgehead atoms. The average molecular weight is 270 g/mol. The summed E-state index contributed by atoms with van der Waals surface area (Å²) in [5.41, 5.74) is 0.468. The fourth-order valence-electron chi connectivity index (χ4n) is 2.39. The highest BCUT2D eigenvalue weighted by atomic mass is 19.3.